The average molecular weight is 1910 g/mol. The van der Waals surface area contributed by atoms with Crippen LogP contribution >= 0.6 is 0 Å². The van der Waals surface area contributed by atoms with Gasteiger partial charge >= 0.3 is 71.6 Å². The summed E-state index contributed by atoms with van der Waals surface area (Å²) < 4.78 is 70.6. The van der Waals surface area contributed by atoms with Gasteiger partial charge in [0.2, 0.25) is 6.10 Å². The average Bonchev–Trinajstić information content (AvgIpc) is 0.815. The molecule has 7 fully saturated rings. The lowest BCUT2D eigenvalue weighted by molar-refractivity contribution is -0.346. The first-order chi connectivity index (χ1) is 65.1. The number of carboxylic acid groups (broad SMARTS) is 1. The molecule has 0 aromatic heterocycles. The van der Waals surface area contributed by atoms with Crippen molar-refractivity contribution in [2.45, 2.75) is 242 Å². The van der Waals surface area contributed by atoms with E-state index in [1.807, 2.05) is 0 Å². The zero-order valence-electron chi connectivity index (χ0n) is 77.7. The Labute approximate surface area is 792 Å². The van der Waals surface area contributed by atoms with Gasteiger partial charge in [-0.25, -0.2) is 19.2 Å². The van der Waals surface area contributed by atoms with Crippen molar-refractivity contribution in [3.63, 3.8) is 0 Å². The molecule has 36 nitrogen and oxygen atoms in total. The van der Waals surface area contributed by atoms with Crippen LogP contribution in [0.1, 0.15) is 199 Å². The third-order valence-electron chi connectivity index (χ3n) is 28.5. The van der Waals surface area contributed by atoms with Gasteiger partial charge in [0.25, 0.3) is 11.8 Å². The van der Waals surface area contributed by atoms with Crippen molar-refractivity contribution in [3.05, 3.63) is 238 Å². The van der Waals surface area contributed by atoms with Crippen LogP contribution in [0.25, 0.3) is 0 Å². The number of cyclic esters (lactones) is 2. The number of aliphatic hydroxyl groups excluding tert-OH is 3. The van der Waals surface area contributed by atoms with Crippen LogP contribution in [0.3, 0.4) is 0 Å². The third kappa shape index (κ3) is 19.3. The zero-order chi connectivity index (χ0) is 100. The molecule has 138 heavy (non-hydrogen) atoms. The van der Waals surface area contributed by atoms with E-state index in [9.17, 15) is 93.0 Å². The summed E-state index contributed by atoms with van der Waals surface area (Å²) in [5.74, 6) is -17.4. The molecular weight excluding hydrogens is 1800 g/mol. The van der Waals surface area contributed by atoms with Crippen LogP contribution in [0.5, 0.6) is 0 Å². The molecule has 6 aromatic carbocycles. The van der Waals surface area contributed by atoms with Crippen LogP contribution < -0.4 is 10.6 Å². The molecule has 6 aliphatic carbocycles. The van der Waals surface area contributed by atoms with Crippen molar-refractivity contribution in [2.24, 2.45) is 33.5 Å². The predicted octanol–water partition coefficient (Wildman–Crippen LogP) is 7.74. The molecule has 0 radical (unpaired) electrons. The highest BCUT2D eigenvalue weighted by atomic mass is 16.7. The number of Topliss-reactive ketones (excluding diaryl/α,β-unsaturated/α-hetero) is 2. The number of carbonyl (C=O) groups is 16. The second kappa shape index (κ2) is 40.4. The summed E-state index contributed by atoms with van der Waals surface area (Å²) in [4.78, 5) is 214. The Morgan fingerprint density at radius 1 is 0.442 bits per heavy atom. The first-order valence-corrected chi connectivity index (χ1v) is 45.0. The molecule has 7 unspecified atom stereocenters. The van der Waals surface area contributed by atoms with E-state index >= 15 is 14.4 Å². The van der Waals surface area contributed by atoms with Gasteiger partial charge < -0.3 is 98.1 Å². The highest BCUT2D eigenvalue weighted by Crippen LogP contribution is 2.67. The molecule has 2 amide bonds. The van der Waals surface area contributed by atoms with Gasteiger partial charge in [-0.3, -0.25) is 57.5 Å². The molecule has 732 valence electrons. The quantitative estimate of drug-likeness (QED) is 0.0124. The Morgan fingerprint density at radius 3 is 1.11 bits per heavy atom. The number of esters is 11. The van der Waals surface area contributed by atoms with Gasteiger partial charge in [-0.05, 0) is 110 Å². The topological polar surface area (TPSA) is 529 Å². The number of aliphatic hydroxyl groups is 5. The van der Waals surface area contributed by atoms with Gasteiger partial charge in [-0.2, -0.15) is 0 Å². The number of amides is 2. The summed E-state index contributed by atoms with van der Waals surface area (Å²) in [6, 6.07) is 45.0. The third-order valence-corrected chi connectivity index (χ3v) is 28.5. The Morgan fingerprint density at radius 2 is 0.783 bits per heavy atom. The smallest absolute Gasteiger partial charge is 0.350 e. The fourth-order valence-electron chi connectivity index (χ4n) is 21.3. The maximum atomic E-state index is 15.7. The Balaban J connectivity index is 0.000000218. The summed E-state index contributed by atoms with van der Waals surface area (Å²) >= 11 is 0. The van der Waals surface area contributed by atoms with Gasteiger partial charge in [0.1, 0.15) is 53.9 Å². The fraction of sp³-hybridized carbons (Fsp3) is 0.451. The summed E-state index contributed by atoms with van der Waals surface area (Å²) in [6.45, 7) is 15.7. The first kappa shape index (κ1) is 102. The Hall–Kier alpha value is -13.4. The van der Waals surface area contributed by atoms with Gasteiger partial charge in [-0.15, -0.1) is 0 Å². The number of benzene rings is 6. The highest BCUT2D eigenvalue weighted by Gasteiger charge is 2.81. The SMILES string of the molecule is CC(=O)O[C@H]1C(=O)[C@@]2(C)C([C@H](OC(=O)c3ccccc3)[C@]3(O)CC(OC(=O)C(OC(=O)CCC(=O)O)C(NC(=O)c4ccccc4)c4ccccc4)C(C)=C1C3(C)C)[C@]1(OC(C)=O)CO[C@@H]1C[C@@H]2O.CC(=O)O[C@H]1C(=O)[C@@]2(C)C([C@H](OC(=O)c3ccccc3)[C@]3(O)C[C@H](OC(=O)C(O)C(NC(=O)c4ccccc4)c4ccccc4)C(C)=C1C3(C)C)[C@]1(OC(C)=O)CO[C@@H]1C[C@@H]2O.O=C1CCC(=O)O1. The van der Waals surface area contributed by atoms with Crippen LogP contribution in [0, 0.1) is 33.5 Å². The number of carbonyl (C=O) groups excluding carboxylic acids is 15. The van der Waals surface area contributed by atoms with Crippen molar-refractivity contribution in [1.29, 1.82) is 0 Å². The minimum atomic E-state index is -2.50. The number of hydrogen-bond acceptors (Lipinski definition) is 33. The fourth-order valence-corrected chi connectivity index (χ4v) is 21.3. The molecule has 8 N–H and O–H groups in total. The summed E-state index contributed by atoms with van der Waals surface area (Å²) in [6.07, 6.45) is -22.4. The molecule has 4 bridgehead atoms. The van der Waals surface area contributed by atoms with E-state index < -0.39 is 262 Å². The van der Waals surface area contributed by atoms with Crippen molar-refractivity contribution >= 4 is 95.0 Å². The number of carboxylic acids is 1. The molecule has 22 atom stereocenters. The largest absolute Gasteiger partial charge is 0.481 e. The van der Waals surface area contributed by atoms with Crippen LogP contribution in [0.15, 0.2) is 204 Å². The number of hydrogen-bond donors (Lipinski definition) is 8. The molecule has 3 heterocycles. The standard InChI is InChI=1S/C51H55NO17.C47H51NO14.C4H4O3/c1-27-33(66-47(62)41(67-37(58)23-22-36(56)57)39(30-16-10-7-11-17-30)52-45(60)31-18-12-8-13-19-31)25-51(63)44(68-46(61)32-20-14-9-15-21-32)42-49(6,34(55)24-35-50(42,26-64-35)69-29(3)54)43(59)40(65-28(2)53)38(27)48(51,4)5;1-25-31(60-43(56)36(52)35(28-16-10-7-11-17-28)48-41(54)29-18-12-8-13-19-29)23-47(57)40(61-42(55)30-20-14-9-15-21-30)38-45(6,32(51)22-33-46(38,24-58-33)62-27(3)50)39(53)37(59-26(2)49)34(25)44(47,4)5;5-3-1-2-4(6)7-3/h7-21,33-35,39-42,44,55,63H,22-26H2,1-6H3,(H,52,60)(H,56,57);7-21,31-33,35-38,40,51-52,57H,22-24H2,1-6H3,(H,48,54);1-2H2/t33?,34-,35+,39?,40+,41?,42?,44-,49+,50-,51+;31-,32-,33+,35?,36?,37+,38?,40-,45+,46-,47+;/m00./s1. The number of ketones is 2. The summed E-state index contributed by atoms with van der Waals surface area (Å²) in [5.41, 5.74) is -14.8. The van der Waals surface area contributed by atoms with Crippen molar-refractivity contribution < 1.29 is 164 Å². The molecule has 4 saturated carbocycles. The second-order valence-corrected chi connectivity index (χ2v) is 37.4. The summed E-state index contributed by atoms with van der Waals surface area (Å²) in [5, 5.41) is 78.4. The van der Waals surface area contributed by atoms with Gasteiger partial charge in [0.15, 0.2) is 41.1 Å². The minimum Gasteiger partial charge on any atom is -0.481 e. The highest BCUT2D eigenvalue weighted by molar-refractivity contribution is 5.99. The first-order valence-electron chi connectivity index (χ1n) is 45.0. The number of aliphatic carboxylic acids is 1. The molecule has 9 aliphatic rings. The summed E-state index contributed by atoms with van der Waals surface area (Å²) in [7, 11) is 0. The maximum absolute atomic E-state index is 15.7. The van der Waals surface area contributed by atoms with Crippen molar-refractivity contribution in [1.82, 2.24) is 10.6 Å². The Bertz CT molecular complexity index is 5780. The normalized spacial score (nSPS) is 30.2. The lowest BCUT2D eigenvalue weighted by Crippen LogP contribution is -2.82. The maximum Gasteiger partial charge on any atom is 0.350 e. The number of nitrogens with one attached hydrogen (secondary N) is 2. The Kier molecular flexibility index (Phi) is 29.8. The van der Waals surface area contributed by atoms with Gasteiger partial charge in [-0.1, -0.05) is 161 Å². The number of fused-ring (bicyclic) bond motifs is 10. The lowest BCUT2D eigenvalue weighted by Gasteiger charge is -2.67. The van der Waals surface area contributed by atoms with E-state index in [4.69, 9.17) is 52.1 Å². The monoisotopic (exact) mass is 1910 g/mol. The van der Waals surface area contributed by atoms with E-state index in [0.29, 0.717) is 5.56 Å². The van der Waals surface area contributed by atoms with E-state index in [1.54, 1.807) is 159 Å². The molecule has 3 saturated heterocycles. The van der Waals surface area contributed by atoms with Gasteiger partial charge in [0, 0.05) is 75.3 Å². The van der Waals surface area contributed by atoms with Crippen molar-refractivity contribution in [2.75, 3.05) is 13.2 Å². The molecular formula is C102H110N2O34. The van der Waals surface area contributed by atoms with E-state index in [1.165, 1.54) is 77.9 Å². The minimum absolute atomic E-state index is 0.00289. The zero-order valence-corrected chi connectivity index (χ0v) is 77.7. The second-order valence-electron chi connectivity index (χ2n) is 37.4. The number of rotatable bonds is 24. The van der Waals surface area contributed by atoms with Crippen LogP contribution in [-0.2, 0) is 114 Å². The van der Waals surface area contributed by atoms with Crippen LogP contribution in [0.2, 0.25) is 0 Å². The predicted molar refractivity (Wildman–Crippen MR) is 476 cm³/mol. The lowest BCUT2D eigenvalue weighted by atomic mass is 9.44. The molecule has 0 spiro atoms. The molecule has 6 aromatic rings. The van der Waals surface area contributed by atoms with Crippen molar-refractivity contribution in [3.8, 4) is 0 Å². The van der Waals surface area contributed by atoms with E-state index in [2.05, 4.69) is 15.4 Å². The molecule has 36 heteroatoms. The van der Waals surface area contributed by atoms with E-state index in [-0.39, 0.29) is 89.0 Å². The van der Waals surface area contributed by atoms with Crippen LogP contribution in [-0.4, -0.2) is 235 Å². The molecule has 15 rings (SSSR count). The molecule has 3 aliphatic heterocycles. The van der Waals surface area contributed by atoms with E-state index in [0.717, 1.165) is 27.7 Å². The number of ether oxygens (including phenoxy) is 12. The van der Waals surface area contributed by atoms with Crippen LogP contribution in [0.4, 0.5) is 0 Å². The van der Waals surface area contributed by atoms with Gasteiger partial charge in [0.05, 0.1) is 90.9 Å².